The lowest BCUT2D eigenvalue weighted by Crippen LogP contribution is -2.54. The summed E-state index contributed by atoms with van der Waals surface area (Å²) in [5, 5.41) is 10.3. The van der Waals surface area contributed by atoms with E-state index >= 15 is 0 Å². The van der Waals surface area contributed by atoms with Crippen LogP contribution in [0.25, 0.3) is 5.57 Å². The Hall–Kier alpha value is -3.64. The first-order valence-electron chi connectivity index (χ1n) is 17.2. The van der Waals surface area contributed by atoms with Crippen molar-refractivity contribution in [2.45, 2.75) is 64.8 Å². The zero-order valence-corrected chi connectivity index (χ0v) is 31.2. The number of hydrogen-bond acceptors (Lipinski definition) is 8. The molecule has 4 rings (SSSR count). The number of halogens is 1. The fourth-order valence-electron chi connectivity index (χ4n) is 5.72. The molecule has 11 nitrogen and oxygen atoms in total. The Labute approximate surface area is 299 Å². The molecular formula is C37H58ClN7O4. The van der Waals surface area contributed by atoms with Crippen molar-refractivity contribution < 1.29 is 19.1 Å². The fourth-order valence-corrected chi connectivity index (χ4v) is 5.89. The summed E-state index contributed by atoms with van der Waals surface area (Å²) in [7, 11) is 5.45. The molecule has 2 fully saturated rings. The van der Waals surface area contributed by atoms with Crippen molar-refractivity contribution in [3.63, 3.8) is 0 Å². The standard InChI is InChI=1S/C32H44ClN7O3.C3H8O.C2H6/c1-23-6-5-12-36-30(23)31(39-16-18-40(19-17-39)32(42)43-26-9-13-34-14-10-26)27-8-7-25(33)20-28(27)24(2)29(37-22-41)11-15-35-21-38(3)4;1-3-4-2;1-2/h5-8,11-12,15,20-22,26,29-31,34,36H,2,9-10,13-14,16-19H2,1,3-4H3,(H,37,41);3H2,1-2H3;1-2H3/b15-11+,35-21?;;. The van der Waals surface area contributed by atoms with Crippen LogP contribution in [0, 0.1) is 0 Å². The summed E-state index contributed by atoms with van der Waals surface area (Å²) in [6.07, 6.45) is 13.3. The van der Waals surface area contributed by atoms with Crippen LogP contribution in [0.15, 0.2) is 66.0 Å². The largest absolute Gasteiger partial charge is 0.446 e. The first-order valence-corrected chi connectivity index (χ1v) is 17.6. The number of piperidine rings is 1. The Balaban J connectivity index is 0.00000129. The van der Waals surface area contributed by atoms with Crippen molar-refractivity contribution in [3.8, 4) is 0 Å². The SMILES string of the molecule is C=C(c1cc(Cl)ccc1C(C1NC=CC=C1C)N1CCN(C(=O)OC2CCNCC2)CC1)C(/C=C/N=CN(C)C)NC=O.CC.CCOC. The number of piperazine rings is 1. The molecule has 1 aromatic carbocycles. The number of methoxy groups -OCH3 is 1. The normalized spacial score (nSPS) is 19.4. The smallest absolute Gasteiger partial charge is 0.410 e. The van der Waals surface area contributed by atoms with Gasteiger partial charge in [-0.25, -0.2) is 9.79 Å². The summed E-state index contributed by atoms with van der Waals surface area (Å²) < 4.78 is 10.4. The van der Waals surface area contributed by atoms with Gasteiger partial charge in [0, 0.05) is 65.2 Å². The second-order valence-electron chi connectivity index (χ2n) is 11.9. The molecule has 12 heteroatoms. The lowest BCUT2D eigenvalue weighted by Gasteiger charge is -2.44. The van der Waals surface area contributed by atoms with E-state index in [1.165, 1.54) is 5.57 Å². The summed E-state index contributed by atoms with van der Waals surface area (Å²) in [6, 6.07) is 5.23. The van der Waals surface area contributed by atoms with Gasteiger partial charge in [-0.2, -0.15) is 0 Å². The predicted molar refractivity (Wildman–Crippen MR) is 202 cm³/mol. The van der Waals surface area contributed by atoms with Crippen LogP contribution in [-0.4, -0.2) is 119 Å². The molecule has 0 radical (unpaired) electrons. The van der Waals surface area contributed by atoms with Crippen LogP contribution < -0.4 is 16.0 Å². The minimum absolute atomic E-state index is 0.0243. The van der Waals surface area contributed by atoms with Gasteiger partial charge in [0.1, 0.15) is 6.10 Å². The molecule has 0 aliphatic carbocycles. The van der Waals surface area contributed by atoms with Gasteiger partial charge in [0.25, 0.3) is 0 Å². The molecular weight excluding hydrogens is 642 g/mol. The minimum Gasteiger partial charge on any atom is -0.446 e. The Kier molecular flexibility index (Phi) is 19.4. The first kappa shape index (κ1) is 41.5. The van der Waals surface area contributed by atoms with E-state index in [2.05, 4.69) is 50.2 Å². The summed E-state index contributed by atoms with van der Waals surface area (Å²) in [5.41, 5.74) is 3.77. The number of allylic oxidation sites excluding steroid dienone is 2. The van der Waals surface area contributed by atoms with Crippen LogP contribution in [0.1, 0.15) is 57.7 Å². The number of amides is 2. The number of carbonyl (C=O) groups is 2. The van der Waals surface area contributed by atoms with Gasteiger partial charge in [-0.05, 0) is 92.5 Å². The maximum absolute atomic E-state index is 13.0. The number of nitrogens with one attached hydrogen (secondary N) is 3. The fraction of sp³-hybridized carbons (Fsp3) is 0.541. The first-order chi connectivity index (χ1) is 23.7. The molecule has 3 N–H and O–H groups in total. The van der Waals surface area contributed by atoms with Crippen LogP contribution in [0.5, 0.6) is 0 Å². The zero-order chi connectivity index (χ0) is 36.2. The van der Waals surface area contributed by atoms with Gasteiger partial charge < -0.3 is 35.2 Å². The van der Waals surface area contributed by atoms with Crippen molar-refractivity contribution in [2.75, 3.05) is 67.1 Å². The molecule has 0 saturated carbocycles. The van der Waals surface area contributed by atoms with Crippen LogP contribution in [0.4, 0.5) is 4.79 Å². The lowest BCUT2D eigenvalue weighted by molar-refractivity contribution is -0.109. The molecule has 3 aliphatic heterocycles. The highest BCUT2D eigenvalue weighted by Gasteiger charge is 2.36. The van der Waals surface area contributed by atoms with Crippen LogP contribution in [0.2, 0.25) is 5.02 Å². The molecule has 3 aliphatic rings. The number of ether oxygens (including phenoxy) is 2. The van der Waals surface area contributed by atoms with Crippen LogP contribution >= 0.6 is 11.6 Å². The lowest BCUT2D eigenvalue weighted by atomic mass is 9.85. The molecule has 2 amide bonds. The second-order valence-corrected chi connectivity index (χ2v) is 12.3. The Morgan fingerprint density at radius 1 is 1.20 bits per heavy atom. The van der Waals surface area contributed by atoms with Crippen molar-refractivity contribution in [2.24, 2.45) is 4.99 Å². The highest BCUT2D eigenvalue weighted by molar-refractivity contribution is 6.30. The topological polar surface area (TPSA) is 111 Å². The van der Waals surface area contributed by atoms with Gasteiger partial charge in [0.05, 0.1) is 24.5 Å². The molecule has 0 bridgehead atoms. The molecule has 0 aromatic heterocycles. The Bertz CT molecular complexity index is 1280. The third-order valence-corrected chi connectivity index (χ3v) is 8.55. The van der Waals surface area contributed by atoms with Crippen molar-refractivity contribution >= 4 is 36.0 Å². The van der Waals surface area contributed by atoms with Gasteiger partial charge in [0.15, 0.2) is 0 Å². The average molecular weight is 700 g/mol. The Morgan fingerprint density at radius 3 is 2.47 bits per heavy atom. The molecule has 3 atom stereocenters. The van der Waals surface area contributed by atoms with Crippen molar-refractivity contribution in [3.05, 3.63) is 77.1 Å². The number of benzene rings is 1. The quantitative estimate of drug-likeness (QED) is 0.155. The summed E-state index contributed by atoms with van der Waals surface area (Å²) in [4.78, 5) is 34.9. The zero-order valence-electron chi connectivity index (χ0n) is 30.5. The minimum atomic E-state index is -0.493. The number of dihydropyridines is 1. The second kappa shape index (κ2) is 22.9. The number of carbonyl (C=O) groups excluding carboxylic acids is 2. The highest BCUT2D eigenvalue weighted by Crippen LogP contribution is 2.37. The van der Waals surface area contributed by atoms with E-state index in [4.69, 9.17) is 16.3 Å². The molecule has 3 unspecified atom stereocenters. The van der Waals surface area contributed by atoms with Gasteiger partial charge in [0.2, 0.25) is 6.41 Å². The maximum Gasteiger partial charge on any atom is 0.410 e. The Morgan fingerprint density at radius 2 is 1.88 bits per heavy atom. The van der Waals surface area contributed by atoms with Gasteiger partial charge in [-0.3, -0.25) is 9.69 Å². The number of rotatable bonds is 12. The predicted octanol–water partition coefficient (Wildman–Crippen LogP) is 5.23. The summed E-state index contributed by atoms with van der Waals surface area (Å²) in [5.74, 6) is 0. The van der Waals surface area contributed by atoms with E-state index in [0.717, 1.165) is 43.7 Å². The van der Waals surface area contributed by atoms with E-state index < -0.39 is 6.04 Å². The molecule has 49 heavy (non-hydrogen) atoms. The van der Waals surface area contributed by atoms with E-state index in [9.17, 15) is 9.59 Å². The third kappa shape index (κ3) is 13.3. The maximum atomic E-state index is 13.0. The summed E-state index contributed by atoms with van der Waals surface area (Å²) >= 11 is 6.55. The molecule has 2 saturated heterocycles. The third-order valence-electron chi connectivity index (χ3n) is 8.31. The van der Waals surface area contributed by atoms with Gasteiger partial charge >= 0.3 is 6.09 Å². The van der Waals surface area contributed by atoms with E-state index in [1.807, 2.05) is 75.1 Å². The van der Waals surface area contributed by atoms with E-state index in [-0.39, 0.29) is 24.3 Å². The van der Waals surface area contributed by atoms with Crippen molar-refractivity contribution in [1.82, 2.24) is 30.7 Å². The van der Waals surface area contributed by atoms with Crippen molar-refractivity contribution in [1.29, 1.82) is 0 Å². The molecule has 3 heterocycles. The van der Waals surface area contributed by atoms with E-state index in [1.54, 1.807) is 25.7 Å². The number of hydrogen-bond donors (Lipinski definition) is 3. The number of aliphatic imine (C=N–C) groups is 1. The average Bonchev–Trinajstić information content (AvgIpc) is 3.12. The summed E-state index contributed by atoms with van der Waals surface area (Å²) in [6.45, 7) is 17.5. The van der Waals surface area contributed by atoms with Crippen LogP contribution in [0.3, 0.4) is 0 Å². The number of nitrogens with zero attached hydrogens (tertiary/aromatic N) is 4. The highest BCUT2D eigenvalue weighted by atomic mass is 35.5. The van der Waals surface area contributed by atoms with E-state index in [0.29, 0.717) is 43.2 Å². The molecule has 1 aromatic rings. The van der Waals surface area contributed by atoms with Gasteiger partial charge in [-0.1, -0.05) is 44.2 Å². The molecule has 272 valence electrons. The monoisotopic (exact) mass is 699 g/mol. The molecule has 0 spiro atoms. The van der Waals surface area contributed by atoms with Crippen LogP contribution in [-0.2, 0) is 14.3 Å². The van der Waals surface area contributed by atoms with Gasteiger partial charge in [-0.15, -0.1) is 0 Å².